The van der Waals surface area contributed by atoms with Crippen molar-refractivity contribution in [1.82, 2.24) is 4.72 Å². The van der Waals surface area contributed by atoms with E-state index < -0.39 is 10.0 Å². The third-order valence-corrected chi connectivity index (χ3v) is 4.97. The second kappa shape index (κ2) is 7.02. The molecule has 0 spiro atoms. The predicted molar refractivity (Wildman–Crippen MR) is 84.6 cm³/mol. The molecule has 2 rings (SSSR count). The normalized spacial score (nSPS) is 13.4. The van der Waals surface area contributed by atoms with E-state index in [0.717, 1.165) is 17.2 Å². The number of hydrogen-bond donors (Lipinski definition) is 2. The Hall–Kier alpha value is -1.43. The maximum absolute atomic E-state index is 12.2. The molecule has 0 aliphatic rings. The minimum atomic E-state index is -3.47. The van der Waals surface area contributed by atoms with E-state index in [1.807, 2.05) is 37.3 Å². The number of sulfonamides is 1. The van der Waals surface area contributed by atoms with Gasteiger partial charge < -0.3 is 5.11 Å². The Bertz CT molecular complexity index is 697. The van der Waals surface area contributed by atoms with Gasteiger partial charge in [-0.2, -0.15) is 0 Å². The van der Waals surface area contributed by atoms with Crippen molar-refractivity contribution in [2.45, 2.75) is 24.7 Å². The molecule has 4 nitrogen and oxygen atoms in total. The number of aliphatic hydroxyl groups excluding tert-OH is 1. The van der Waals surface area contributed by atoms with Crippen molar-refractivity contribution in [3.8, 4) is 0 Å². The third kappa shape index (κ3) is 4.27. The maximum atomic E-state index is 12.2. The van der Waals surface area contributed by atoms with Crippen LogP contribution in [0.25, 0.3) is 10.8 Å². The number of fused-ring (bicyclic) bond motifs is 1. The molecule has 114 valence electrons. The van der Waals surface area contributed by atoms with Gasteiger partial charge in [-0.3, -0.25) is 0 Å². The van der Waals surface area contributed by atoms with Crippen LogP contribution in [0.15, 0.2) is 47.4 Å². The van der Waals surface area contributed by atoms with Crippen LogP contribution >= 0.6 is 0 Å². The summed E-state index contributed by atoms with van der Waals surface area (Å²) in [5.41, 5.74) is 0. The van der Waals surface area contributed by atoms with Gasteiger partial charge in [-0.05, 0) is 41.7 Å². The highest BCUT2D eigenvalue weighted by molar-refractivity contribution is 7.89. The van der Waals surface area contributed by atoms with Gasteiger partial charge in [-0.25, -0.2) is 13.1 Å². The molecule has 2 N–H and O–H groups in total. The molecule has 2 aromatic carbocycles. The Morgan fingerprint density at radius 3 is 2.57 bits per heavy atom. The largest absolute Gasteiger partial charge is 0.396 e. The molecule has 0 saturated heterocycles. The van der Waals surface area contributed by atoms with Crippen LogP contribution in [0.1, 0.15) is 19.8 Å². The monoisotopic (exact) mass is 307 g/mol. The molecule has 0 fully saturated rings. The Labute approximate surface area is 125 Å². The molecule has 5 heteroatoms. The number of benzene rings is 2. The number of hydrogen-bond acceptors (Lipinski definition) is 3. The average Bonchev–Trinajstić information content (AvgIpc) is 2.50. The van der Waals surface area contributed by atoms with E-state index in [1.54, 1.807) is 12.1 Å². The fourth-order valence-corrected chi connectivity index (χ4v) is 3.28. The van der Waals surface area contributed by atoms with Gasteiger partial charge in [0, 0.05) is 13.2 Å². The molecule has 21 heavy (non-hydrogen) atoms. The van der Waals surface area contributed by atoms with Gasteiger partial charge in [-0.1, -0.05) is 37.3 Å². The van der Waals surface area contributed by atoms with Crippen LogP contribution < -0.4 is 4.72 Å². The van der Waals surface area contributed by atoms with E-state index in [1.165, 1.54) is 0 Å². The first-order valence-corrected chi connectivity index (χ1v) is 8.60. The number of aliphatic hydroxyl groups is 1. The van der Waals surface area contributed by atoms with Crippen molar-refractivity contribution in [3.05, 3.63) is 42.5 Å². The van der Waals surface area contributed by atoms with Gasteiger partial charge in [-0.15, -0.1) is 0 Å². The van der Waals surface area contributed by atoms with Gasteiger partial charge in [0.25, 0.3) is 0 Å². The quantitative estimate of drug-likeness (QED) is 0.773. The molecule has 1 atom stereocenters. The molecule has 0 aromatic heterocycles. The molecule has 1 unspecified atom stereocenters. The highest BCUT2D eigenvalue weighted by Crippen LogP contribution is 2.18. The first-order chi connectivity index (χ1) is 10.0. The van der Waals surface area contributed by atoms with E-state index in [-0.39, 0.29) is 17.4 Å². The number of nitrogens with one attached hydrogen (secondary N) is 1. The van der Waals surface area contributed by atoms with Crippen molar-refractivity contribution >= 4 is 20.8 Å². The van der Waals surface area contributed by atoms with Crippen LogP contribution in [0.3, 0.4) is 0 Å². The lowest BCUT2D eigenvalue weighted by Crippen LogP contribution is -2.25. The first-order valence-electron chi connectivity index (χ1n) is 7.12. The fraction of sp³-hybridized carbons (Fsp3) is 0.375. The highest BCUT2D eigenvalue weighted by Gasteiger charge is 2.13. The molecule has 0 amide bonds. The Morgan fingerprint density at radius 1 is 1.14 bits per heavy atom. The van der Waals surface area contributed by atoms with Gasteiger partial charge >= 0.3 is 0 Å². The summed E-state index contributed by atoms with van der Waals surface area (Å²) < 4.78 is 27.1. The Kier molecular flexibility index (Phi) is 5.33. The third-order valence-electron chi connectivity index (χ3n) is 3.51. The second-order valence-electron chi connectivity index (χ2n) is 5.34. The topological polar surface area (TPSA) is 66.4 Å². The van der Waals surface area contributed by atoms with E-state index in [9.17, 15) is 8.42 Å². The van der Waals surface area contributed by atoms with Crippen LogP contribution in [-0.4, -0.2) is 26.7 Å². The van der Waals surface area contributed by atoms with Gasteiger partial charge in [0.1, 0.15) is 0 Å². The fourth-order valence-electron chi connectivity index (χ4n) is 2.17. The van der Waals surface area contributed by atoms with Gasteiger partial charge in [0.2, 0.25) is 10.0 Å². The average molecular weight is 307 g/mol. The van der Waals surface area contributed by atoms with Crippen molar-refractivity contribution < 1.29 is 13.5 Å². The van der Waals surface area contributed by atoms with E-state index in [0.29, 0.717) is 13.0 Å². The summed E-state index contributed by atoms with van der Waals surface area (Å²) in [6, 6.07) is 12.8. The van der Waals surface area contributed by atoms with E-state index in [4.69, 9.17) is 5.11 Å². The lowest BCUT2D eigenvalue weighted by atomic mass is 10.1. The van der Waals surface area contributed by atoms with E-state index >= 15 is 0 Å². The Morgan fingerprint density at radius 2 is 1.86 bits per heavy atom. The standard InChI is InChI=1S/C16H21NO3S/c1-13(12-18)5-4-10-17-21(19,20)16-9-8-14-6-2-3-7-15(14)11-16/h2-3,6-9,11,13,17-18H,4-5,10,12H2,1H3. The SMILES string of the molecule is CC(CO)CCCNS(=O)(=O)c1ccc2ccccc2c1. The maximum Gasteiger partial charge on any atom is 0.240 e. The van der Waals surface area contributed by atoms with E-state index in [2.05, 4.69) is 4.72 Å². The zero-order valence-corrected chi connectivity index (χ0v) is 12.9. The summed E-state index contributed by atoms with van der Waals surface area (Å²) in [4.78, 5) is 0.288. The minimum absolute atomic E-state index is 0.136. The van der Waals surface area contributed by atoms with Crippen LogP contribution in [0.2, 0.25) is 0 Å². The second-order valence-corrected chi connectivity index (χ2v) is 7.10. The minimum Gasteiger partial charge on any atom is -0.396 e. The molecule has 2 aromatic rings. The molecular formula is C16H21NO3S. The highest BCUT2D eigenvalue weighted by atomic mass is 32.2. The summed E-state index contributed by atoms with van der Waals surface area (Å²) in [6.45, 7) is 2.47. The summed E-state index contributed by atoms with van der Waals surface area (Å²) in [7, 11) is -3.47. The van der Waals surface area contributed by atoms with Crippen LogP contribution in [0.4, 0.5) is 0 Å². The molecule has 0 radical (unpaired) electrons. The first kappa shape index (κ1) is 15.9. The summed E-state index contributed by atoms with van der Waals surface area (Å²) in [6.07, 6.45) is 1.52. The van der Waals surface area contributed by atoms with Gasteiger partial charge in [0.05, 0.1) is 4.90 Å². The van der Waals surface area contributed by atoms with Crippen molar-refractivity contribution in [1.29, 1.82) is 0 Å². The summed E-state index contributed by atoms with van der Waals surface area (Å²) in [5.74, 6) is 0.204. The zero-order valence-electron chi connectivity index (χ0n) is 12.1. The molecule has 0 saturated carbocycles. The molecule has 0 aliphatic carbocycles. The van der Waals surface area contributed by atoms with Crippen LogP contribution in [0, 0.1) is 5.92 Å². The van der Waals surface area contributed by atoms with Crippen molar-refractivity contribution in [2.24, 2.45) is 5.92 Å². The van der Waals surface area contributed by atoms with Crippen molar-refractivity contribution in [3.63, 3.8) is 0 Å². The predicted octanol–water partition coefficient (Wildman–Crippen LogP) is 2.53. The summed E-state index contributed by atoms with van der Waals surface area (Å²) >= 11 is 0. The molecular weight excluding hydrogens is 286 g/mol. The smallest absolute Gasteiger partial charge is 0.240 e. The lowest BCUT2D eigenvalue weighted by molar-refractivity contribution is 0.228. The molecule has 0 bridgehead atoms. The Balaban J connectivity index is 2.04. The molecule has 0 aliphatic heterocycles. The van der Waals surface area contributed by atoms with Crippen LogP contribution in [0.5, 0.6) is 0 Å². The molecule has 0 heterocycles. The van der Waals surface area contributed by atoms with Crippen molar-refractivity contribution in [2.75, 3.05) is 13.2 Å². The lowest BCUT2D eigenvalue weighted by Gasteiger charge is -2.10. The number of rotatable bonds is 7. The van der Waals surface area contributed by atoms with Gasteiger partial charge in [0.15, 0.2) is 0 Å². The van der Waals surface area contributed by atoms with Crippen LogP contribution in [-0.2, 0) is 10.0 Å². The zero-order chi connectivity index (χ0) is 15.3. The summed E-state index contributed by atoms with van der Waals surface area (Å²) in [5, 5.41) is 10.9.